The predicted molar refractivity (Wildman–Crippen MR) is 128 cm³/mol. The van der Waals surface area contributed by atoms with Crippen molar-refractivity contribution in [2.75, 3.05) is 12.5 Å². The molecule has 1 atom stereocenters. The number of amidine groups is 1. The Morgan fingerprint density at radius 3 is 2.84 bits per heavy atom. The first-order chi connectivity index (χ1) is 15.7. The fourth-order valence-electron chi connectivity index (χ4n) is 3.92. The normalized spacial score (nSPS) is 18.5. The smallest absolute Gasteiger partial charge is 0.276 e. The van der Waals surface area contributed by atoms with Gasteiger partial charge in [-0.25, -0.2) is 5.01 Å². The fraction of sp³-hybridized carbons (Fsp3) is 0.348. The predicted octanol–water partition coefficient (Wildman–Crippen LogP) is 3.63. The molecule has 3 aliphatic heterocycles. The van der Waals surface area contributed by atoms with Crippen LogP contribution in [0.5, 0.6) is 11.5 Å². The summed E-state index contributed by atoms with van der Waals surface area (Å²) >= 11 is 5.23. The zero-order valence-electron chi connectivity index (χ0n) is 17.6. The highest BCUT2D eigenvalue weighted by atomic mass is 79.9. The van der Waals surface area contributed by atoms with Crippen LogP contribution in [0.4, 0.5) is 0 Å². The second kappa shape index (κ2) is 9.15. The molecule has 3 aliphatic rings. The number of carbonyl (C=O) groups is 1. The first-order valence-corrected chi connectivity index (χ1v) is 12.5. The Labute approximate surface area is 198 Å². The van der Waals surface area contributed by atoms with Crippen molar-refractivity contribution in [3.05, 3.63) is 57.0 Å². The van der Waals surface area contributed by atoms with Gasteiger partial charge in [0.1, 0.15) is 5.70 Å². The van der Waals surface area contributed by atoms with E-state index in [1.807, 2.05) is 36.4 Å². The topological polar surface area (TPSA) is 75.5 Å². The van der Waals surface area contributed by atoms with Gasteiger partial charge in [0.25, 0.3) is 5.91 Å². The zero-order chi connectivity index (χ0) is 22.1. The summed E-state index contributed by atoms with van der Waals surface area (Å²) in [4.78, 5) is 18.2. The lowest BCUT2D eigenvalue weighted by atomic mass is 10.1. The van der Waals surface area contributed by atoms with Gasteiger partial charge in [0.2, 0.25) is 6.79 Å². The molecule has 166 valence electrons. The van der Waals surface area contributed by atoms with Crippen molar-refractivity contribution in [2.45, 2.75) is 38.8 Å². The summed E-state index contributed by atoms with van der Waals surface area (Å²) in [5, 5.41) is 11.7. The van der Waals surface area contributed by atoms with Crippen molar-refractivity contribution in [1.29, 1.82) is 0 Å². The van der Waals surface area contributed by atoms with Crippen LogP contribution >= 0.6 is 27.7 Å². The minimum Gasteiger partial charge on any atom is -0.454 e. The zero-order valence-corrected chi connectivity index (χ0v) is 20.0. The molecule has 32 heavy (non-hydrogen) atoms. The Hall–Kier alpha value is -2.52. The van der Waals surface area contributed by atoms with E-state index < -0.39 is 6.17 Å². The number of hydrogen-bond donors (Lipinski definition) is 1. The van der Waals surface area contributed by atoms with Crippen molar-refractivity contribution >= 4 is 44.5 Å². The van der Waals surface area contributed by atoms with Crippen LogP contribution in [0.2, 0.25) is 0 Å². The first kappa shape index (κ1) is 21.3. The summed E-state index contributed by atoms with van der Waals surface area (Å²) in [5.74, 6) is 2.09. The van der Waals surface area contributed by atoms with E-state index in [4.69, 9.17) is 19.6 Å². The third kappa shape index (κ3) is 3.99. The van der Waals surface area contributed by atoms with E-state index in [0.717, 1.165) is 32.8 Å². The molecular formula is C23H23BrN4O3S. The first-order valence-electron chi connectivity index (χ1n) is 10.7. The second-order valence-corrected chi connectivity index (χ2v) is 9.65. The number of ether oxygens (including phenoxy) is 2. The summed E-state index contributed by atoms with van der Waals surface area (Å²) in [6, 6.07) is 11.4. The van der Waals surface area contributed by atoms with E-state index in [2.05, 4.69) is 28.2 Å². The molecule has 0 saturated carbocycles. The molecule has 2 aromatic carbocycles. The van der Waals surface area contributed by atoms with Crippen molar-refractivity contribution in [3.8, 4) is 11.5 Å². The van der Waals surface area contributed by atoms with Crippen LogP contribution in [-0.2, 0) is 4.79 Å². The highest BCUT2D eigenvalue weighted by Gasteiger charge is 2.36. The molecular weight excluding hydrogens is 492 g/mol. The molecule has 2 aromatic rings. The largest absolute Gasteiger partial charge is 0.454 e. The molecule has 0 fully saturated rings. The lowest BCUT2D eigenvalue weighted by Crippen LogP contribution is -2.50. The van der Waals surface area contributed by atoms with Crippen molar-refractivity contribution < 1.29 is 14.3 Å². The van der Waals surface area contributed by atoms with Crippen molar-refractivity contribution in [1.82, 2.24) is 10.3 Å². The number of amides is 1. The van der Waals surface area contributed by atoms with Gasteiger partial charge in [0, 0.05) is 21.0 Å². The Morgan fingerprint density at radius 1 is 1.19 bits per heavy atom. The standard InChI is InChI=1S/C23H23BrN4O3S/c1-2-3-4-7-10-32-23-26-22(29)20-14-8-5-6-9-17(14)25-21(28(20)27-23)15-11-18-19(12-16(15)24)31-13-30-18/h5-6,8-9,11-12,21H,2-4,7,10,13H2,1H3,(H,26,27,29)/t21-/m1/s1. The number of rotatable bonds is 6. The van der Waals surface area contributed by atoms with E-state index in [-0.39, 0.29) is 12.7 Å². The summed E-state index contributed by atoms with van der Waals surface area (Å²) < 4.78 is 11.9. The van der Waals surface area contributed by atoms with Gasteiger partial charge >= 0.3 is 0 Å². The van der Waals surface area contributed by atoms with Gasteiger partial charge in [0.15, 0.2) is 22.8 Å². The number of hydrogen-bond acceptors (Lipinski definition) is 7. The minimum absolute atomic E-state index is 0.166. The second-order valence-electron chi connectivity index (χ2n) is 7.71. The maximum atomic E-state index is 13.2. The van der Waals surface area contributed by atoms with E-state index >= 15 is 0 Å². The van der Waals surface area contributed by atoms with E-state index in [1.165, 1.54) is 19.3 Å². The van der Waals surface area contributed by atoms with E-state index in [1.54, 1.807) is 16.8 Å². The Bertz CT molecular complexity index is 1220. The van der Waals surface area contributed by atoms with Crippen LogP contribution in [-0.4, -0.2) is 28.6 Å². The quantitative estimate of drug-likeness (QED) is 0.595. The SMILES string of the molecule is CCCCCCSC1=NN2C(=c3ccccc3=N[C@H]2c2cc3c(cc2Br)OCO3)C(=O)N1. The van der Waals surface area contributed by atoms with Crippen molar-refractivity contribution in [3.63, 3.8) is 0 Å². The third-order valence-corrected chi connectivity index (χ3v) is 7.16. The van der Waals surface area contributed by atoms with Gasteiger partial charge in [-0.05, 0) is 24.6 Å². The van der Waals surface area contributed by atoms with Gasteiger partial charge in [-0.1, -0.05) is 72.1 Å². The molecule has 0 unspecified atom stereocenters. The lowest BCUT2D eigenvalue weighted by molar-refractivity contribution is -0.116. The molecule has 9 heteroatoms. The number of benzene rings is 2. The van der Waals surface area contributed by atoms with Gasteiger partial charge in [0.05, 0.1) is 5.36 Å². The van der Waals surface area contributed by atoms with Crippen LogP contribution in [0, 0.1) is 0 Å². The number of thioether (sulfide) groups is 1. The van der Waals surface area contributed by atoms with Gasteiger partial charge in [-0.15, -0.1) is 5.10 Å². The number of nitrogens with zero attached hydrogens (tertiary/aromatic N) is 3. The Balaban J connectivity index is 1.55. The number of carbonyl (C=O) groups excluding carboxylic acids is 1. The molecule has 0 saturated heterocycles. The molecule has 0 aromatic heterocycles. The number of halogens is 1. The summed E-state index contributed by atoms with van der Waals surface area (Å²) in [6.07, 6.45) is 4.18. The average molecular weight is 515 g/mol. The number of unbranched alkanes of at least 4 members (excludes halogenated alkanes) is 3. The molecule has 1 amide bonds. The number of hydrazone groups is 1. The molecule has 0 radical (unpaired) electrons. The van der Waals surface area contributed by atoms with Crippen molar-refractivity contribution in [2.24, 2.45) is 10.1 Å². The fourth-order valence-corrected chi connectivity index (χ4v) is 5.30. The molecule has 3 heterocycles. The minimum atomic E-state index is -0.509. The summed E-state index contributed by atoms with van der Waals surface area (Å²) in [7, 11) is 0. The number of nitrogens with one attached hydrogen (secondary N) is 1. The van der Waals surface area contributed by atoms with E-state index in [9.17, 15) is 4.79 Å². The third-order valence-electron chi connectivity index (χ3n) is 5.52. The molecule has 1 N–H and O–H groups in total. The van der Waals surface area contributed by atoms with E-state index in [0.29, 0.717) is 22.4 Å². The highest BCUT2D eigenvalue weighted by Crippen LogP contribution is 2.42. The summed E-state index contributed by atoms with van der Waals surface area (Å²) in [5.41, 5.74) is 1.35. The van der Waals surface area contributed by atoms with Crippen LogP contribution in [0.3, 0.4) is 0 Å². The maximum Gasteiger partial charge on any atom is 0.276 e. The number of para-hydroxylation sites is 1. The van der Waals surface area contributed by atoms with Crippen LogP contribution < -0.4 is 25.4 Å². The molecule has 7 nitrogen and oxygen atoms in total. The molecule has 0 aliphatic carbocycles. The molecule has 0 bridgehead atoms. The monoisotopic (exact) mass is 514 g/mol. The van der Waals surface area contributed by atoms with Gasteiger partial charge in [-0.2, -0.15) is 0 Å². The molecule has 0 spiro atoms. The maximum absolute atomic E-state index is 13.2. The van der Waals surface area contributed by atoms with Crippen LogP contribution in [0.1, 0.15) is 44.3 Å². The summed E-state index contributed by atoms with van der Waals surface area (Å²) in [6.45, 7) is 2.39. The average Bonchev–Trinajstić information content (AvgIpc) is 3.25. The Morgan fingerprint density at radius 2 is 2.00 bits per heavy atom. The highest BCUT2D eigenvalue weighted by molar-refractivity contribution is 9.10. The van der Waals surface area contributed by atoms with Gasteiger partial charge < -0.3 is 9.47 Å². The van der Waals surface area contributed by atoms with Gasteiger partial charge in [-0.3, -0.25) is 15.1 Å². The lowest BCUT2D eigenvalue weighted by Gasteiger charge is -2.34. The molecule has 5 rings (SSSR count). The Kier molecular flexibility index (Phi) is 6.10. The van der Waals surface area contributed by atoms with Crippen LogP contribution in [0.25, 0.3) is 5.70 Å². The number of fused-ring (bicyclic) bond motifs is 3. The van der Waals surface area contributed by atoms with Crippen LogP contribution in [0.15, 0.2) is 51.0 Å².